The number of hydrogen-bond acceptors (Lipinski definition) is 2. The summed E-state index contributed by atoms with van der Waals surface area (Å²) < 4.78 is 28.0. The highest BCUT2D eigenvalue weighted by atomic mass is 35.5. The predicted octanol–water partition coefficient (Wildman–Crippen LogP) is 3.04. The first-order valence-corrected chi connectivity index (χ1v) is 5.24. The van der Waals surface area contributed by atoms with Crippen molar-refractivity contribution < 1.29 is 8.78 Å². The molecule has 0 aliphatic carbocycles. The number of aryl methyl sites for hydroxylation is 2. The quantitative estimate of drug-likeness (QED) is 0.932. The van der Waals surface area contributed by atoms with Gasteiger partial charge >= 0.3 is 0 Å². The molecule has 0 fully saturated rings. The highest BCUT2D eigenvalue weighted by Gasteiger charge is 2.07. The summed E-state index contributed by atoms with van der Waals surface area (Å²) in [4.78, 5) is 0. The summed E-state index contributed by atoms with van der Waals surface area (Å²) in [5.41, 5.74) is 1.26. The highest BCUT2D eigenvalue weighted by molar-refractivity contribution is 5.85. The van der Waals surface area contributed by atoms with E-state index >= 15 is 0 Å². The molecule has 1 aromatic carbocycles. The lowest BCUT2D eigenvalue weighted by atomic mass is 10.2. The highest BCUT2D eigenvalue weighted by Crippen LogP contribution is 2.15. The van der Waals surface area contributed by atoms with Crippen LogP contribution in [0.3, 0.4) is 0 Å². The molecule has 0 radical (unpaired) electrons. The molecule has 2 rings (SSSR count). The SMILES string of the molecule is Cc1cnn(C)c1NCc1cc(F)ccc1F.Cl. The first kappa shape index (κ1) is 14.4. The van der Waals surface area contributed by atoms with Crippen LogP contribution in [-0.4, -0.2) is 9.78 Å². The Hall–Kier alpha value is -1.62. The first-order valence-electron chi connectivity index (χ1n) is 5.24. The molecule has 18 heavy (non-hydrogen) atoms. The van der Waals surface area contributed by atoms with Gasteiger partial charge < -0.3 is 5.32 Å². The maximum absolute atomic E-state index is 13.4. The molecule has 0 atom stereocenters. The third kappa shape index (κ3) is 2.98. The van der Waals surface area contributed by atoms with Gasteiger partial charge in [0.2, 0.25) is 0 Å². The average Bonchev–Trinajstić information content (AvgIpc) is 2.61. The summed E-state index contributed by atoms with van der Waals surface area (Å²) in [5.74, 6) is -0.0580. The van der Waals surface area contributed by atoms with Crippen molar-refractivity contribution in [3.8, 4) is 0 Å². The van der Waals surface area contributed by atoms with Crippen LogP contribution < -0.4 is 5.32 Å². The first-order chi connectivity index (χ1) is 8.08. The van der Waals surface area contributed by atoms with Gasteiger partial charge in [-0.05, 0) is 25.1 Å². The Balaban J connectivity index is 0.00000162. The Morgan fingerprint density at radius 3 is 2.67 bits per heavy atom. The molecular formula is C12H14ClF2N3. The summed E-state index contributed by atoms with van der Waals surface area (Å²) in [6, 6.07) is 3.42. The fourth-order valence-corrected chi connectivity index (χ4v) is 1.66. The molecule has 0 amide bonds. The van der Waals surface area contributed by atoms with Gasteiger partial charge in [-0.15, -0.1) is 12.4 Å². The second kappa shape index (κ2) is 5.82. The third-order valence-electron chi connectivity index (χ3n) is 2.58. The fourth-order valence-electron chi connectivity index (χ4n) is 1.66. The van der Waals surface area contributed by atoms with Gasteiger partial charge in [-0.3, -0.25) is 4.68 Å². The van der Waals surface area contributed by atoms with Crippen molar-refractivity contribution in [2.75, 3.05) is 5.32 Å². The second-order valence-electron chi connectivity index (χ2n) is 3.89. The van der Waals surface area contributed by atoms with E-state index in [-0.39, 0.29) is 19.0 Å². The summed E-state index contributed by atoms with van der Waals surface area (Å²) in [6.45, 7) is 2.13. The number of nitrogens with zero attached hydrogens (tertiary/aromatic N) is 2. The van der Waals surface area contributed by atoms with Crippen LogP contribution in [0, 0.1) is 18.6 Å². The normalized spacial score (nSPS) is 10.0. The van der Waals surface area contributed by atoms with E-state index in [1.54, 1.807) is 17.9 Å². The van der Waals surface area contributed by atoms with Crippen molar-refractivity contribution in [1.82, 2.24) is 9.78 Å². The Bertz CT molecular complexity index is 521. The third-order valence-corrected chi connectivity index (χ3v) is 2.58. The molecule has 0 spiro atoms. The van der Waals surface area contributed by atoms with E-state index < -0.39 is 11.6 Å². The fraction of sp³-hybridized carbons (Fsp3) is 0.250. The lowest BCUT2D eigenvalue weighted by molar-refractivity contribution is 0.587. The molecule has 1 N–H and O–H groups in total. The van der Waals surface area contributed by atoms with Crippen molar-refractivity contribution in [1.29, 1.82) is 0 Å². The van der Waals surface area contributed by atoms with Crippen molar-refractivity contribution in [2.24, 2.45) is 7.05 Å². The largest absolute Gasteiger partial charge is 0.366 e. The topological polar surface area (TPSA) is 29.9 Å². The number of anilines is 1. The Morgan fingerprint density at radius 1 is 1.33 bits per heavy atom. The zero-order valence-corrected chi connectivity index (χ0v) is 10.9. The zero-order chi connectivity index (χ0) is 12.4. The van der Waals surface area contributed by atoms with Crippen LogP contribution in [0.25, 0.3) is 0 Å². The number of benzene rings is 1. The van der Waals surface area contributed by atoms with Gasteiger partial charge in [0.1, 0.15) is 17.5 Å². The number of aromatic nitrogens is 2. The number of rotatable bonds is 3. The van der Waals surface area contributed by atoms with E-state index in [9.17, 15) is 8.78 Å². The van der Waals surface area contributed by atoms with Gasteiger partial charge in [-0.2, -0.15) is 5.10 Å². The molecule has 1 aromatic heterocycles. The van der Waals surface area contributed by atoms with Gasteiger partial charge in [0.05, 0.1) is 6.20 Å². The molecular weight excluding hydrogens is 260 g/mol. The van der Waals surface area contributed by atoms with Crippen LogP contribution in [-0.2, 0) is 13.6 Å². The number of nitrogens with one attached hydrogen (secondary N) is 1. The molecule has 6 heteroatoms. The van der Waals surface area contributed by atoms with E-state index in [1.807, 2.05) is 6.92 Å². The van der Waals surface area contributed by atoms with E-state index in [4.69, 9.17) is 0 Å². The summed E-state index contributed by atoms with van der Waals surface area (Å²) in [5, 5.41) is 7.09. The van der Waals surface area contributed by atoms with Crippen LogP contribution in [0.2, 0.25) is 0 Å². The van der Waals surface area contributed by atoms with Crippen LogP contribution in [0.15, 0.2) is 24.4 Å². The number of halogens is 3. The van der Waals surface area contributed by atoms with E-state index in [2.05, 4.69) is 10.4 Å². The average molecular weight is 274 g/mol. The molecule has 98 valence electrons. The maximum Gasteiger partial charge on any atom is 0.128 e. The smallest absolute Gasteiger partial charge is 0.128 e. The molecule has 0 saturated heterocycles. The Kier molecular flexibility index (Phi) is 4.67. The van der Waals surface area contributed by atoms with Crippen LogP contribution in [0.5, 0.6) is 0 Å². The molecule has 0 saturated carbocycles. The van der Waals surface area contributed by atoms with Crippen LogP contribution in [0.4, 0.5) is 14.6 Å². The molecule has 2 aromatic rings. The second-order valence-corrected chi connectivity index (χ2v) is 3.89. The Labute approximate surface area is 110 Å². The molecule has 3 nitrogen and oxygen atoms in total. The standard InChI is InChI=1S/C12H13F2N3.ClH/c1-8-6-16-17(2)12(8)15-7-9-5-10(13)3-4-11(9)14;/h3-6,15H,7H2,1-2H3;1H. The summed E-state index contributed by atoms with van der Waals surface area (Å²) in [7, 11) is 1.79. The summed E-state index contributed by atoms with van der Waals surface area (Å²) in [6.07, 6.45) is 1.71. The van der Waals surface area contributed by atoms with E-state index in [0.29, 0.717) is 5.56 Å². The van der Waals surface area contributed by atoms with E-state index in [0.717, 1.165) is 23.5 Å². The molecule has 0 aliphatic heterocycles. The minimum atomic E-state index is -0.440. The molecule has 0 bridgehead atoms. The van der Waals surface area contributed by atoms with Gasteiger partial charge in [-0.1, -0.05) is 0 Å². The summed E-state index contributed by atoms with van der Waals surface area (Å²) >= 11 is 0. The van der Waals surface area contributed by atoms with Crippen molar-refractivity contribution in [2.45, 2.75) is 13.5 Å². The van der Waals surface area contributed by atoms with Crippen molar-refractivity contribution in [3.05, 3.63) is 47.2 Å². The molecule has 1 heterocycles. The monoisotopic (exact) mass is 273 g/mol. The van der Waals surface area contributed by atoms with Crippen LogP contribution >= 0.6 is 12.4 Å². The van der Waals surface area contributed by atoms with Gasteiger partial charge in [0.15, 0.2) is 0 Å². The van der Waals surface area contributed by atoms with Gasteiger partial charge in [0, 0.05) is 24.7 Å². The predicted molar refractivity (Wildman–Crippen MR) is 68.9 cm³/mol. The lowest BCUT2D eigenvalue weighted by Crippen LogP contribution is -2.07. The van der Waals surface area contributed by atoms with Gasteiger partial charge in [-0.25, -0.2) is 8.78 Å². The Morgan fingerprint density at radius 2 is 2.06 bits per heavy atom. The zero-order valence-electron chi connectivity index (χ0n) is 10.1. The van der Waals surface area contributed by atoms with Gasteiger partial charge in [0.25, 0.3) is 0 Å². The van der Waals surface area contributed by atoms with Crippen LogP contribution in [0.1, 0.15) is 11.1 Å². The molecule has 0 unspecified atom stereocenters. The minimum absolute atomic E-state index is 0. The van der Waals surface area contributed by atoms with Crippen molar-refractivity contribution >= 4 is 18.2 Å². The lowest BCUT2D eigenvalue weighted by Gasteiger charge is -2.08. The van der Waals surface area contributed by atoms with Crippen molar-refractivity contribution in [3.63, 3.8) is 0 Å². The minimum Gasteiger partial charge on any atom is -0.366 e. The maximum atomic E-state index is 13.4. The molecule has 0 aliphatic rings. The van der Waals surface area contributed by atoms with E-state index in [1.165, 1.54) is 6.07 Å². The number of hydrogen-bond donors (Lipinski definition) is 1.